The lowest BCUT2D eigenvalue weighted by Gasteiger charge is -2.45. The van der Waals surface area contributed by atoms with Gasteiger partial charge in [0, 0.05) is 6.61 Å². The summed E-state index contributed by atoms with van der Waals surface area (Å²) < 4.78 is 10.9. The SMILES string of the molecule is CC(C)(C)OC(=O)/N=C1\N[C@](C)(c2cccc(N)c2Cl)CC(=O)N1C1CCCOC1. The predicted molar refractivity (Wildman–Crippen MR) is 115 cm³/mol. The van der Waals surface area contributed by atoms with E-state index >= 15 is 0 Å². The average molecular weight is 437 g/mol. The molecule has 0 aromatic heterocycles. The van der Waals surface area contributed by atoms with E-state index in [1.165, 1.54) is 4.90 Å². The number of aliphatic imine (C=N–C) groups is 1. The van der Waals surface area contributed by atoms with Gasteiger partial charge in [-0.1, -0.05) is 23.7 Å². The van der Waals surface area contributed by atoms with E-state index in [0.29, 0.717) is 29.5 Å². The van der Waals surface area contributed by atoms with E-state index < -0.39 is 17.2 Å². The predicted octanol–water partition coefficient (Wildman–Crippen LogP) is 3.43. The first kappa shape index (κ1) is 22.4. The van der Waals surface area contributed by atoms with Gasteiger partial charge in [-0.15, -0.1) is 4.99 Å². The molecular formula is C21H29ClN4O4. The highest BCUT2D eigenvalue weighted by molar-refractivity contribution is 6.34. The molecule has 0 saturated carbocycles. The number of anilines is 1. The van der Waals surface area contributed by atoms with Crippen molar-refractivity contribution in [3.05, 3.63) is 28.8 Å². The van der Waals surface area contributed by atoms with Crippen LogP contribution in [0.15, 0.2) is 23.2 Å². The highest BCUT2D eigenvalue weighted by atomic mass is 35.5. The second kappa shape index (κ2) is 8.43. The Balaban J connectivity index is 2.00. The minimum Gasteiger partial charge on any atom is -0.442 e. The second-order valence-corrected chi connectivity index (χ2v) is 9.27. The van der Waals surface area contributed by atoms with Crippen LogP contribution in [0.1, 0.15) is 52.5 Å². The lowest BCUT2D eigenvalue weighted by molar-refractivity contribution is -0.134. The average Bonchev–Trinajstić information content (AvgIpc) is 2.62. The van der Waals surface area contributed by atoms with Crippen LogP contribution in [-0.4, -0.2) is 47.7 Å². The van der Waals surface area contributed by atoms with Crippen LogP contribution >= 0.6 is 11.6 Å². The number of carbonyl (C=O) groups is 2. The number of nitrogens with two attached hydrogens (primary N) is 1. The van der Waals surface area contributed by atoms with E-state index in [9.17, 15) is 9.59 Å². The first-order valence-electron chi connectivity index (χ1n) is 10.0. The Bertz CT molecular complexity index is 861. The minimum atomic E-state index is -0.892. The van der Waals surface area contributed by atoms with Gasteiger partial charge in [0.15, 0.2) is 0 Å². The fourth-order valence-electron chi connectivity index (χ4n) is 3.75. The summed E-state index contributed by atoms with van der Waals surface area (Å²) in [7, 11) is 0. The molecule has 2 aliphatic heterocycles. The van der Waals surface area contributed by atoms with Crippen molar-refractivity contribution in [2.75, 3.05) is 18.9 Å². The number of benzene rings is 1. The second-order valence-electron chi connectivity index (χ2n) is 8.89. The Labute approximate surface area is 181 Å². The van der Waals surface area contributed by atoms with Gasteiger partial charge in [-0.2, -0.15) is 0 Å². The number of hydrogen-bond acceptors (Lipinski definition) is 5. The molecule has 1 aromatic rings. The van der Waals surface area contributed by atoms with E-state index in [1.807, 2.05) is 13.0 Å². The van der Waals surface area contributed by atoms with E-state index in [1.54, 1.807) is 32.9 Å². The van der Waals surface area contributed by atoms with Crippen molar-refractivity contribution in [2.24, 2.45) is 4.99 Å². The van der Waals surface area contributed by atoms with E-state index in [2.05, 4.69) is 10.3 Å². The third kappa shape index (κ3) is 4.87. The van der Waals surface area contributed by atoms with Gasteiger partial charge in [0.2, 0.25) is 11.9 Å². The van der Waals surface area contributed by atoms with Gasteiger partial charge >= 0.3 is 6.09 Å². The third-order valence-corrected chi connectivity index (χ3v) is 5.53. The molecule has 8 nitrogen and oxygen atoms in total. The number of rotatable bonds is 2. The van der Waals surface area contributed by atoms with Gasteiger partial charge in [0.25, 0.3) is 0 Å². The Morgan fingerprint density at radius 1 is 1.43 bits per heavy atom. The molecule has 0 spiro atoms. The zero-order chi connectivity index (χ0) is 22.1. The van der Waals surface area contributed by atoms with Crippen LogP contribution < -0.4 is 11.1 Å². The number of nitrogens with zero attached hydrogens (tertiary/aromatic N) is 2. The molecule has 1 unspecified atom stereocenters. The normalized spacial score (nSPS) is 26.4. The number of halogens is 1. The molecule has 1 aromatic carbocycles. The third-order valence-electron chi connectivity index (χ3n) is 5.10. The van der Waals surface area contributed by atoms with Gasteiger partial charge in [-0.25, -0.2) is 4.79 Å². The number of nitrogens with one attached hydrogen (secondary N) is 1. The quantitative estimate of drug-likeness (QED) is 0.688. The Hall–Kier alpha value is -2.32. The van der Waals surface area contributed by atoms with E-state index in [-0.39, 0.29) is 24.3 Å². The maximum atomic E-state index is 13.3. The number of carbonyl (C=O) groups excluding carboxylic acids is 2. The summed E-state index contributed by atoms with van der Waals surface area (Å²) in [6.45, 7) is 8.15. The number of guanidine groups is 1. The lowest BCUT2D eigenvalue weighted by atomic mass is 9.85. The summed E-state index contributed by atoms with van der Waals surface area (Å²) in [5.41, 5.74) is 5.45. The maximum Gasteiger partial charge on any atom is 0.437 e. The van der Waals surface area contributed by atoms with Crippen LogP contribution in [0.5, 0.6) is 0 Å². The van der Waals surface area contributed by atoms with Gasteiger partial charge in [-0.05, 0) is 52.2 Å². The maximum absolute atomic E-state index is 13.3. The number of ether oxygens (including phenoxy) is 2. The van der Waals surface area contributed by atoms with Crippen molar-refractivity contribution in [1.82, 2.24) is 10.2 Å². The van der Waals surface area contributed by atoms with Crippen molar-refractivity contribution in [2.45, 2.75) is 64.1 Å². The van der Waals surface area contributed by atoms with Crippen molar-refractivity contribution in [3.8, 4) is 0 Å². The van der Waals surface area contributed by atoms with Crippen molar-refractivity contribution in [3.63, 3.8) is 0 Å². The molecular weight excluding hydrogens is 408 g/mol. The summed E-state index contributed by atoms with van der Waals surface area (Å²) in [6.07, 6.45) is 0.936. The molecule has 3 N–H and O–H groups in total. The molecule has 2 heterocycles. The zero-order valence-electron chi connectivity index (χ0n) is 17.8. The minimum absolute atomic E-state index is 0.125. The van der Waals surface area contributed by atoms with Crippen molar-refractivity contribution in [1.29, 1.82) is 0 Å². The first-order valence-corrected chi connectivity index (χ1v) is 10.4. The molecule has 2 aliphatic rings. The van der Waals surface area contributed by atoms with Crippen LogP contribution in [-0.2, 0) is 19.8 Å². The Kier molecular flexibility index (Phi) is 6.29. The largest absolute Gasteiger partial charge is 0.442 e. The van der Waals surface area contributed by atoms with Crippen LogP contribution in [0, 0.1) is 0 Å². The van der Waals surface area contributed by atoms with Crippen LogP contribution in [0.2, 0.25) is 5.02 Å². The molecule has 164 valence electrons. The highest BCUT2D eigenvalue weighted by Crippen LogP contribution is 2.37. The standard InChI is InChI=1S/C21H29ClN4O4/c1-20(2,3)30-19(28)24-18-25-21(4,14-8-5-9-15(23)17(14)22)11-16(27)26(18)13-7-6-10-29-12-13/h5,8-9,13H,6-7,10-12,23H2,1-4H3,(H,24,25,28)/t13?,21-/m0/s1. The molecule has 2 fully saturated rings. The zero-order valence-corrected chi connectivity index (χ0v) is 18.6. The van der Waals surface area contributed by atoms with Crippen LogP contribution in [0.25, 0.3) is 0 Å². The molecule has 9 heteroatoms. The fraction of sp³-hybridized carbons (Fsp3) is 0.571. The molecule has 0 radical (unpaired) electrons. The number of amides is 2. The van der Waals surface area contributed by atoms with Gasteiger partial charge in [-0.3, -0.25) is 9.69 Å². The molecule has 2 atom stereocenters. The monoisotopic (exact) mass is 436 g/mol. The van der Waals surface area contributed by atoms with Gasteiger partial charge in [0.1, 0.15) is 5.60 Å². The molecule has 30 heavy (non-hydrogen) atoms. The van der Waals surface area contributed by atoms with Gasteiger partial charge < -0.3 is 20.5 Å². The lowest BCUT2D eigenvalue weighted by Crippen LogP contribution is -2.63. The first-order chi connectivity index (χ1) is 14.0. The van der Waals surface area contributed by atoms with Crippen molar-refractivity contribution < 1.29 is 19.1 Å². The van der Waals surface area contributed by atoms with Crippen LogP contribution in [0.4, 0.5) is 10.5 Å². The summed E-state index contributed by atoms with van der Waals surface area (Å²) in [6, 6.07) is 5.07. The summed E-state index contributed by atoms with van der Waals surface area (Å²) in [5, 5.41) is 3.63. The summed E-state index contributed by atoms with van der Waals surface area (Å²) in [4.78, 5) is 31.4. The molecule has 2 saturated heterocycles. The van der Waals surface area contributed by atoms with E-state index in [0.717, 1.165) is 12.8 Å². The van der Waals surface area contributed by atoms with Crippen LogP contribution in [0.3, 0.4) is 0 Å². The smallest absolute Gasteiger partial charge is 0.437 e. The van der Waals surface area contributed by atoms with Gasteiger partial charge in [0.05, 0.1) is 35.3 Å². The summed E-state index contributed by atoms with van der Waals surface area (Å²) in [5.74, 6) is -0.0375. The number of hydrogen-bond donors (Lipinski definition) is 2. The van der Waals surface area contributed by atoms with Crippen molar-refractivity contribution >= 4 is 35.2 Å². The van der Waals surface area contributed by atoms with E-state index in [4.69, 9.17) is 26.8 Å². The Morgan fingerprint density at radius 3 is 2.80 bits per heavy atom. The summed E-state index contributed by atoms with van der Waals surface area (Å²) >= 11 is 6.45. The molecule has 0 aliphatic carbocycles. The highest BCUT2D eigenvalue weighted by Gasteiger charge is 2.44. The molecule has 2 amide bonds. The molecule has 0 bridgehead atoms. The molecule has 3 rings (SSSR count). The topological polar surface area (TPSA) is 106 Å². The number of nitrogen functional groups attached to an aromatic ring is 1. The fourth-order valence-corrected chi connectivity index (χ4v) is 4.09. The Morgan fingerprint density at radius 2 is 2.17 bits per heavy atom.